The van der Waals surface area contributed by atoms with E-state index in [9.17, 15) is 4.79 Å². The summed E-state index contributed by atoms with van der Waals surface area (Å²) in [6, 6.07) is -0.462. The molecule has 0 bridgehead atoms. The predicted octanol–water partition coefficient (Wildman–Crippen LogP) is -1.21. The van der Waals surface area contributed by atoms with Crippen LogP contribution in [0.5, 0.6) is 0 Å². The number of carbonyl (C=O) groups excluding carboxylic acids is 1. The van der Waals surface area contributed by atoms with Gasteiger partial charge in [0.1, 0.15) is 0 Å². The van der Waals surface area contributed by atoms with Crippen molar-refractivity contribution < 1.29 is 9.90 Å². The van der Waals surface area contributed by atoms with Gasteiger partial charge in [-0.3, -0.25) is 5.43 Å². The minimum atomic E-state index is -0.462. The first-order valence-corrected chi connectivity index (χ1v) is 3.18. The van der Waals surface area contributed by atoms with Gasteiger partial charge in [0.2, 0.25) is 0 Å². The van der Waals surface area contributed by atoms with Gasteiger partial charge in [-0.15, -0.1) is 0 Å². The van der Waals surface area contributed by atoms with Gasteiger partial charge in [-0.1, -0.05) is 0 Å². The predicted molar refractivity (Wildman–Crippen MR) is 40.9 cm³/mol. The number of hydrogen-bond acceptors (Lipinski definition) is 4. The normalized spacial score (nSPS) is 10.0. The molecule has 0 radical (unpaired) electrons. The van der Waals surface area contributed by atoms with Crippen molar-refractivity contribution in [1.82, 2.24) is 16.3 Å². The highest BCUT2D eigenvalue weighted by molar-refractivity contribution is 5.73. The summed E-state index contributed by atoms with van der Waals surface area (Å²) in [6.07, 6.45) is 1.45. The second-order valence-electron chi connectivity index (χ2n) is 1.60. The van der Waals surface area contributed by atoms with E-state index < -0.39 is 6.03 Å². The van der Waals surface area contributed by atoms with Crippen molar-refractivity contribution >= 4 is 12.2 Å². The zero-order valence-corrected chi connectivity index (χ0v) is 6.29. The molecule has 0 aromatic carbocycles. The maximum atomic E-state index is 10.6. The third kappa shape index (κ3) is 6.75. The van der Waals surface area contributed by atoms with Crippen molar-refractivity contribution in [3.63, 3.8) is 0 Å². The summed E-state index contributed by atoms with van der Waals surface area (Å²) in [5.74, 6) is 0. The second-order valence-corrected chi connectivity index (χ2v) is 1.60. The summed E-state index contributed by atoms with van der Waals surface area (Å²) < 4.78 is 0. The lowest BCUT2D eigenvalue weighted by molar-refractivity contribution is 0.232. The van der Waals surface area contributed by atoms with Gasteiger partial charge in [-0.2, -0.15) is 5.10 Å². The molecule has 0 saturated heterocycles. The molecule has 0 aliphatic heterocycles. The first-order valence-electron chi connectivity index (χ1n) is 3.18. The summed E-state index contributed by atoms with van der Waals surface area (Å²) in [7, 11) is 0. The molecule has 6 heteroatoms. The molecule has 0 saturated carbocycles. The van der Waals surface area contributed by atoms with Gasteiger partial charge < -0.3 is 5.11 Å². The van der Waals surface area contributed by atoms with Crippen LogP contribution in [-0.2, 0) is 0 Å². The highest BCUT2D eigenvalue weighted by atomic mass is 16.3. The van der Waals surface area contributed by atoms with E-state index in [2.05, 4.69) is 21.4 Å². The number of amides is 2. The molecule has 11 heavy (non-hydrogen) atoms. The first-order chi connectivity index (χ1) is 5.31. The Morgan fingerprint density at radius 1 is 1.73 bits per heavy atom. The number of carbonyl (C=O) groups is 1. The average Bonchev–Trinajstić information content (AvgIpc) is 2.01. The van der Waals surface area contributed by atoms with Crippen LogP contribution in [0.4, 0.5) is 4.79 Å². The molecule has 0 aliphatic carbocycles. The zero-order valence-electron chi connectivity index (χ0n) is 6.29. The SMILES string of the molecule is CC=NNC(=O)NNCCO. The smallest absolute Gasteiger partial charge is 0.349 e. The fourth-order valence-electron chi connectivity index (χ4n) is 0.350. The van der Waals surface area contributed by atoms with Crippen molar-refractivity contribution in [3.05, 3.63) is 0 Å². The Balaban J connectivity index is 3.23. The number of hydrazone groups is 1. The number of nitrogens with one attached hydrogen (secondary N) is 3. The van der Waals surface area contributed by atoms with Crippen LogP contribution in [0.15, 0.2) is 5.10 Å². The molecule has 0 aliphatic rings. The topological polar surface area (TPSA) is 85.8 Å². The van der Waals surface area contributed by atoms with Gasteiger partial charge in [0.15, 0.2) is 0 Å². The summed E-state index contributed by atoms with van der Waals surface area (Å²) in [4.78, 5) is 10.6. The minimum Gasteiger partial charge on any atom is -0.395 e. The van der Waals surface area contributed by atoms with E-state index >= 15 is 0 Å². The minimum absolute atomic E-state index is 0.0304. The Morgan fingerprint density at radius 3 is 3.00 bits per heavy atom. The number of hydrogen-bond donors (Lipinski definition) is 4. The molecular weight excluding hydrogens is 148 g/mol. The lowest BCUT2D eigenvalue weighted by atomic mass is 10.7. The Kier molecular flexibility index (Phi) is 6.25. The molecule has 0 heterocycles. The fourth-order valence-corrected chi connectivity index (χ4v) is 0.350. The van der Waals surface area contributed by atoms with Crippen LogP contribution in [0.1, 0.15) is 6.92 Å². The second kappa shape index (κ2) is 6.97. The Morgan fingerprint density at radius 2 is 2.45 bits per heavy atom. The van der Waals surface area contributed by atoms with Crippen molar-refractivity contribution in [1.29, 1.82) is 0 Å². The highest BCUT2D eigenvalue weighted by Crippen LogP contribution is 1.60. The number of rotatable bonds is 4. The quantitative estimate of drug-likeness (QED) is 0.236. The van der Waals surface area contributed by atoms with Gasteiger partial charge >= 0.3 is 6.03 Å². The van der Waals surface area contributed by atoms with E-state index in [1.165, 1.54) is 6.21 Å². The average molecular weight is 160 g/mol. The van der Waals surface area contributed by atoms with Crippen LogP contribution in [0, 0.1) is 0 Å². The van der Waals surface area contributed by atoms with E-state index in [1.807, 2.05) is 0 Å². The van der Waals surface area contributed by atoms with Gasteiger partial charge in [-0.25, -0.2) is 15.6 Å². The van der Waals surface area contributed by atoms with Crippen LogP contribution >= 0.6 is 0 Å². The largest absolute Gasteiger partial charge is 0.395 e. The monoisotopic (exact) mass is 160 g/mol. The third-order valence-electron chi connectivity index (χ3n) is 0.734. The molecule has 6 nitrogen and oxygen atoms in total. The van der Waals surface area contributed by atoms with Crippen molar-refractivity contribution in [2.24, 2.45) is 5.10 Å². The molecule has 0 atom stereocenters. The summed E-state index contributed by atoms with van der Waals surface area (Å²) in [6.45, 7) is 1.96. The van der Waals surface area contributed by atoms with Crippen molar-refractivity contribution in [2.45, 2.75) is 6.92 Å². The van der Waals surface area contributed by atoms with Gasteiger partial charge in [0, 0.05) is 12.8 Å². The molecule has 0 fully saturated rings. The van der Waals surface area contributed by atoms with Crippen LogP contribution in [0.2, 0.25) is 0 Å². The fraction of sp³-hybridized carbons (Fsp3) is 0.600. The molecule has 0 unspecified atom stereocenters. The standard InChI is InChI=1S/C5H12N4O2/c1-2-6-8-5(11)9-7-3-4-10/h2,7,10H,3-4H2,1H3,(H2,8,9,11). The molecule has 0 rings (SSSR count). The molecule has 0 spiro atoms. The number of aliphatic hydroxyl groups excluding tert-OH is 1. The van der Waals surface area contributed by atoms with Crippen LogP contribution < -0.4 is 16.3 Å². The maximum Gasteiger partial charge on any atom is 0.349 e. The van der Waals surface area contributed by atoms with E-state index in [4.69, 9.17) is 5.11 Å². The molecular formula is C5H12N4O2. The number of aliphatic hydroxyl groups is 1. The maximum absolute atomic E-state index is 10.6. The van der Waals surface area contributed by atoms with E-state index in [0.29, 0.717) is 6.54 Å². The van der Waals surface area contributed by atoms with E-state index in [1.54, 1.807) is 6.92 Å². The number of urea groups is 1. The van der Waals surface area contributed by atoms with E-state index in [-0.39, 0.29) is 6.61 Å². The molecule has 4 N–H and O–H groups in total. The lowest BCUT2D eigenvalue weighted by Gasteiger charge is -2.02. The molecule has 0 aromatic heterocycles. The first kappa shape index (κ1) is 9.86. The Hall–Kier alpha value is -1.14. The van der Waals surface area contributed by atoms with Crippen LogP contribution in [0.3, 0.4) is 0 Å². The summed E-state index contributed by atoms with van der Waals surface area (Å²) in [5, 5.41) is 11.8. The number of hydrazine groups is 1. The zero-order chi connectivity index (χ0) is 8.53. The lowest BCUT2D eigenvalue weighted by Crippen LogP contribution is -2.43. The number of nitrogens with zero attached hydrogens (tertiary/aromatic N) is 1. The molecule has 0 aromatic rings. The van der Waals surface area contributed by atoms with Crippen molar-refractivity contribution in [3.8, 4) is 0 Å². The van der Waals surface area contributed by atoms with E-state index in [0.717, 1.165) is 0 Å². The summed E-state index contributed by atoms with van der Waals surface area (Å²) >= 11 is 0. The Bertz CT molecular complexity index is 136. The Labute approximate surface area is 64.6 Å². The molecule has 2 amide bonds. The van der Waals surface area contributed by atoms with Gasteiger partial charge in [0.05, 0.1) is 6.61 Å². The third-order valence-corrected chi connectivity index (χ3v) is 0.734. The van der Waals surface area contributed by atoms with Gasteiger partial charge in [0.25, 0.3) is 0 Å². The van der Waals surface area contributed by atoms with Gasteiger partial charge in [-0.05, 0) is 6.92 Å². The van der Waals surface area contributed by atoms with Crippen LogP contribution in [-0.4, -0.2) is 30.5 Å². The highest BCUT2D eigenvalue weighted by Gasteiger charge is 1.92. The molecule has 64 valence electrons. The summed E-state index contributed by atoms with van der Waals surface area (Å²) in [5.41, 5.74) is 6.87. The van der Waals surface area contributed by atoms with Crippen molar-refractivity contribution in [2.75, 3.05) is 13.2 Å². The van der Waals surface area contributed by atoms with Crippen LogP contribution in [0.25, 0.3) is 0 Å².